The fourth-order valence-corrected chi connectivity index (χ4v) is 2.36. The van der Waals surface area contributed by atoms with Crippen LogP contribution >= 0.6 is 0 Å². The van der Waals surface area contributed by atoms with Crippen molar-refractivity contribution in [2.24, 2.45) is 0 Å². The Balaban J connectivity index is 2.22. The van der Waals surface area contributed by atoms with E-state index < -0.39 is 0 Å². The Bertz CT molecular complexity index is 895. The zero-order chi connectivity index (χ0) is 15.7. The van der Waals surface area contributed by atoms with Crippen LogP contribution in [-0.2, 0) is 0 Å². The van der Waals surface area contributed by atoms with Gasteiger partial charge in [-0.2, -0.15) is 0 Å². The summed E-state index contributed by atoms with van der Waals surface area (Å²) in [5.41, 5.74) is -0.0969. The third kappa shape index (κ3) is 2.35. The number of fused-ring (bicyclic) bond motifs is 2. The van der Waals surface area contributed by atoms with Crippen molar-refractivity contribution in [1.29, 1.82) is 0 Å². The molecule has 1 aromatic heterocycles. The lowest BCUT2D eigenvalue weighted by Gasteiger charge is -2.09. The van der Waals surface area contributed by atoms with Crippen LogP contribution in [0, 0.1) is 0 Å². The molecule has 22 heavy (non-hydrogen) atoms. The lowest BCUT2D eigenvalue weighted by atomic mass is 10.1. The Morgan fingerprint density at radius 1 is 1.18 bits per heavy atom. The summed E-state index contributed by atoms with van der Waals surface area (Å²) in [6, 6.07) is 7.51. The summed E-state index contributed by atoms with van der Waals surface area (Å²) in [6.45, 7) is 2.57. The van der Waals surface area contributed by atoms with E-state index in [-0.39, 0.29) is 38.9 Å². The molecule has 0 saturated heterocycles. The molecule has 0 spiro atoms. The van der Waals surface area contributed by atoms with Crippen LogP contribution < -0.4 is 10.2 Å². The maximum absolute atomic E-state index is 12.5. The average molecular weight is 300 g/mol. The highest BCUT2D eigenvalue weighted by Crippen LogP contribution is 2.32. The molecule has 0 bridgehead atoms. The van der Waals surface area contributed by atoms with Crippen LogP contribution in [0.2, 0.25) is 0 Å². The zero-order valence-electron chi connectivity index (χ0n) is 12.1. The van der Waals surface area contributed by atoms with Crippen LogP contribution in [0.4, 0.5) is 0 Å². The van der Waals surface area contributed by atoms with Crippen LogP contribution in [0.5, 0.6) is 17.2 Å². The monoisotopic (exact) mass is 300 g/mol. The number of hydrogen-bond acceptors (Lipinski definition) is 5. The number of hydrogen-bond donors (Lipinski definition) is 2. The van der Waals surface area contributed by atoms with Crippen LogP contribution in [0.25, 0.3) is 21.9 Å². The van der Waals surface area contributed by atoms with E-state index >= 15 is 0 Å². The maximum atomic E-state index is 12.5. The molecule has 1 heterocycles. The van der Waals surface area contributed by atoms with Gasteiger partial charge in [-0.1, -0.05) is 19.4 Å². The standard InChI is InChI=1S/C17H16O5/c1-2-3-7-21-10-8-13(19)15-14(9-10)22-17-11(16(15)20)5-4-6-12(17)18/h4-6,8-9,18-19H,2-3,7H2,1H3. The summed E-state index contributed by atoms with van der Waals surface area (Å²) in [5, 5.41) is 20.3. The predicted molar refractivity (Wildman–Crippen MR) is 83.7 cm³/mol. The number of phenols is 2. The molecule has 3 aromatic rings. The molecule has 2 N–H and O–H groups in total. The topological polar surface area (TPSA) is 79.9 Å². The van der Waals surface area contributed by atoms with Crippen molar-refractivity contribution in [3.8, 4) is 17.2 Å². The Morgan fingerprint density at radius 3 is 2.77 bits per heavy atom. The highest BCUT2D eigenvalue weighted by molar-refractivity contribution is 5.95. The van der Waals surface area contributed by atoms with Gasteiger partial charge in [0, 0.05) is 12.1 Å². The van der Waals surface area contributed by atoms with Crippen molar-refractivity contribution in [3.05, 3.63) is 40.6 Å². The van der Waals surface area contributed by atoms with Gasteiger partial charge in [-0.25, -0.2) is 0 Å². The van der Waals surface area contributed by atoms with Gasteiger partial charge in [-0.3, -0.25) is 4.79 Å². The van der Waals surface area contributed by atoms with Gasteiger partial charge in [0.25, 0.3) is 0 Å². The molecule has 5 heteroatoms. The second-order valence-electron chi connectivity index (χ2n) is 5.10. The maximum Gasteiger partial charge on any atom is 0.204 e. The smallest absolute Gasteiger partial charge is 0.204 e. The van der Waals surface area contributed by atoms with E-state index in [0.29, 0.717) is 12.4 Å². The Labute approximate surface area is 126 Å². The van der Waals surface area contributed by atoms with Gasteiger partial charge < -0.3 is 19.4 Å². The van der Waals surface area contributed by atoms with Gasteiger partial charge in [0.15, 0.2) is 11.3 Å². The second kappa shape index (κ2) is 5.60. The SMILES string of the molecule is CCCCOc1cc(O)c2c(=O)c3cccc(O)c3oc2c1. The number of para-hydroxylation sites is 1. The molecule has 0 amide bonds. The molecular formula is C17H16O5. The quantitative estimate of drug-likeness (QED) is 0.569. The predicted octanol–water partition coefficient (Wildman–Crippen LogP) is 3.54. The van der Waals surface area contributed by atoms with Crippen molar-refractivity contribution in [1.82, 2.24) is 0 Å². The average Bonchev–Trinajstić information content (AvgIpc) is 2.48. The second-order valence-corrected chi connectivity index (χ2v) is 5.10. The summed E-state index contributed by atoms with van der Waals surface area (Å²) < 4.78 is 11.1. The first kappa shape index (κ1) is 14.3. The van der Waals surface area contributed by atoms with Gasteiger partial charge in [0.1, 0.15) is 22.5 Å². The summed E-state index contributed by atoms with van der Waals surface area (Å²) >= 11 is 0. The molecule has 2 aromatic carbocycles. The molecule has 0 aliphatic rings. The van der Waals surface area contributed by atoms with Crippen molar-refractivity contribution in [2.75, 3.05) is 6.61 Å². The van der Waals surface area contributed by atoms with Crippen LogP contribution in [-0.4, -0.2) is 16.8 Å². The number of unbranched alkanes of at least 4 members (excludes halogenated alkanes) is 1. The highest BCUT2D eigenvalue weighted by atomic mass is 16.5. The van der Waals surface area contributed by atoms with E-state index in [9.17, 15) is 15.0 Å². The minimum Gasteiger partial charge on any atom is -0.507 e. The number of benzene rings is 2. The number of ether oxygens (including phenoxy) is 1. The molecule has 114 valence electrons. The van der Waals surface area contributed by atoms with Crippen molar-refractivity contribution < 1.29 is 19.4 Å². The van der Waals surface area contributed by atoms with Crippen LogP contribution in [0.1, 0.15) is 19.8 Å². The summed E-state index contributed by atoms with van der Waals surface area (Å²) in [5.74, 6) is 0.118. The van der Waals surface area contributed by atoms with E-state index in [0.717, 1.165) is 12.8 Å². The van der Waals surface area contributed by atoms with Crippen LogP contribution in [0.3, 0.4) is 0 Å². The number of rotatable bonds is 4. The highest BCUT2D eigenvalue weighted by Gasteiger charge is 2.15. The van der Waals surface area contributed by atoms with Gasteiger partial charge in [0.05, 0.1) is 12.0 Å². The molecule has 0 aliphatic carbocycles. The van der Waals surface area contributed by atoms with Gasteiger partial charge in [-0.05, 0) is 18.6 Å². The molecule has 5 nitrogen and oxygen atoms in total. The minimum absolute atomic E-state index is 0.0842. The first-order valence-electron chi connectivity index (χ1n) is 7.16. The summed E-state index contributed by atoms with van der Waals surface area (Å²) in [7, 11) is 0. The summed E-state index contributed by atoms with van der Waals surface area (Å²) in [6.07, 6.45) is 1.88. The molecule has 0 unspecified atom stereocenters. The van der Waals surface area contributed by atoms with Gasteiger partial charge >= 0.3 is 0 Å². The Morgan fingerprint density at radius 2 is 2.00 bits per heavy atom. The number of phenolic OH excluding ortho intramolecular Hbond substituents is 2. The molecule has 3 rings (SSSR count). The Kier molecular flexibility index (Phi) is 3.63. The lowest BCUT2D eigenvalue weighted by Crippen LogP contribution is -2.03. The first-order valence-corrected chi connectivity index (χ1v) is 7.16. The molecule has 0 atom stereocenters. The zero-order valence-corrected chi connectivity index (χ0v) is 12.1. The van der Waals surface area contributed by atoms with E-state index in [1.165, 1.54) is 12.1 Å². The molecule has 0 radical (unpaired) electrons. The normalized spacial score (nSPS) is 11.1. The molecule has 0 aliphatic heterocycles. The molecular weight excluding hydrogens is 284 g/mol. The summed E-state index contributed by atoms with van der Waals surface area (Å²) in [4.78, 5) is 12.5. The first-order chi connectivity index (χ1) is 10.6. The molecule has 0 saturated carbocycles. The Hall–Kier alpha value is -2.69. The van der Waals surface area contributed by atoms with Crippen molar-refractivity contribution in [2.45, 2.75) is 19.8 Å². The molecule has 0 fully saturated rings. The van der Waals surface area contributed by atoms with Crippen molar-refractivity contribution >= 4 is 21.9 Å². The van der Waals surface area contributed by atoms with Crippen molar-refractivity contribution in [3.63, 3.8) is 0 Å². The lowest BCUT2D eigenvalue weighted by molar-refractivity contribution is 0.308. The fraction of sp³-hybridized carbons (Fsp3) is 0.235. The van der Waals surface area contributed by atoms with E-state index in [1.807, 2.05) is 0 Å². The van der Waals surface area contributed by atoms with Crippen LogP contribution in [0.15, 0.2) is 39.5 Å². The minimum atomic E-state index is -0.384. The van der Waals surface area contributed by atoms with E-state index in [2.05, 4.69) is 6.92 Å². The number of aromatic hydroxyl groups is 2. The van der Waals surface area contributed by atoms with E-state index in [1.54, 1.807) is 18.2 Å². The third-order valence-corrected chi connectivity index (χ3v) is 3.50. The largest absolute Gasteiger partial charge is 0.507 e. The fourth-order valence-electron chi connectivity index (χ4n) is 2.36. The third-order valence-electron chi connectivity index (χ3n) is 3.50. The van der Waals surface area contributed by atoms with Gasteiger partial charge in [0.2, 0.25) is 5.43 Å². The van der Waals surface area contributed by atoms with E-state index in [4.69, 9.17) is 9.15 Å². The van der Waals surface area contributed by atoms with Gasteiger partial charge in [-0.15, -0.1) is 0 Å².